The number of esters is 1. The Hall–Kier alpha value is -3.22. The van der Waals surface area contributed by atoms with E-state index >= 15 is 0 Å². The first kappa shape index (κ1) is 19.5. The Kier molecular flexibility index (Phi) is 6.03. The van der Waals surface area contributed by atoms with E-state index < -0.39 is 12.1 Å². The van der Waals surface area contributed by atoms with Crippen molar-refractivity contribution in [2.45, 2.75) is 20.0 Å². The molecule has 7 nitrogen and oxygen atoms in total. The van der Waals surface area contributed by atoms with Crippen LogP contribution in [0.1, 0.15) is 24.2 Å². The number of para-hydroxylation sites is 1. The van der Waals surface area contributed by atoms with Crippen LogP contribution in [0.15, 0.2) is 42.5 Å². The molecule has 7 heteroatoms. The number of ether oxygens (including phenoxy) is 4. The standard InChI is InChI=1S/C21H23NO6/c1-4-22(16-8-6-5-7-9-16)20(23)14(2)28-21(24)15-12-17(25-3)19-18(13-15)26-10-11-27-19/h5-9,12-14H,4,10-11H2,1-3H3/t14-/m1/s1. The lowest BCUT2D eigenvalue weighted by Gasteiger charge is -2.25. The van der Waals surface area contributed by atoms with Crippen molar-refractivity contribution in [2.75, 3.05) is 31.8 Å². The maximum Gasteiger partial charge on any atom is 0.339 e. The molecule has 1 aliphatic heterocycles. The summed E-state index contributed by atoms with van der Waals surface area (Å²) in [6.07, 6.45) is -0.952. The zero-order chi connectivity index (χ0) is 20.1. The summed E-state index contributed by atoms with van der Waals surface area (Å²) in [6.45, 7) is 4.67. The number of anilines is 1. The van der Waals surface area contributed by atoms with Crippen molar-refractivity contribution in [3.05, 3.63) is 48.0 Å². The Bertz CT molecular complexity index is 834. The molecule has 0 N–H and O–H groups in total. The van der Waals surface area contributed by atoms with Crippen molar-refractivity contribution in [2.24, 2.45) is 0 Å². The van der Waals surface area contributed by atoms with Crippen LogP contribution in [0.2, 0.25) is 0 Å². The average Bonchev–Trinajstić information content (AvgIpc) is 2.74. The van der Waals surface area contributed by atoms with Gasteiger partial charge in [-0.05, 0) is 38.1 Å². The number of amides is 1. The minimum absolute atomic E-state index is 0.225. The minimum Gasteiger partial charge on any atom is -0.493 e. The molecule has 0 bridgehead atoms. The molecule has 1 heterocycles. The highest BCUT2D eigenvalue weighted by Gasteiger charge is 2.27. The van der Waals surface area contributed by atoms with Gasteiger partial charge in [0, 0.05) is 12.2 Å². The fraction of sp³-hybridized carbons (Fsp3) is 0.333. The van der Waals surface area contributed by atoms with Crippen molar-refractivity contribution < 1.29 is 28.5 Å². The van der Waals surface area contributed by atoms with E-state index in [4.69, 9.17) is 18.9 Å². The number of hydrogen-bond acceptors (Lipinski definition) is 6. The first-order valence-corrected chi connectivity index (χ1v) is 9.10. The van der Waals surface area contributed by atoms with Gasteiger partial charge in [-0.2, -0.15) is 0 Å². The zero-order valence-electron chi connectivity index (χ0n) is 16.1. The van der Waals surface area contributed by atoms with Crippen LogP contribution in [0.3, 0.4) is 0 Å². The van der Waals surface area contributed by atoms with Crippen LogP contribution in [0, 0.1) is 0 Å². The van der Waals surface area contributed by atoms with Gasteiger partial charge in [-0.25, -0.2) is 4.79 Å². The van der Waals surface area contributed by atoms with Gasteiger partial charge in [0.05, 0.1) is 12.7 Å². The van der Waals surface area contributed by atoms with Gasteiger partial charge in [-0.3, -0.25) is 4.79 Å². The number of nitrogens with zero attached hydrogens (tertiary/aromatic N) is 1. The number of hydrogen-bond donors (Lipinski definition) is 0. The summed E-state index contributed by atoms with van der Waals surface area (Å²) in [5, 5.41) is 0. The second-order valence-corrected chi connectivity index (χ2v) is 6.17. The molecule has 2 aromatic rings. The lowest BCUT2D eigenvalue weighted by atomic mass is 10.1. The third-order valence-corrected chi connectivity index (χ3v) is 4.35. The summed E-state index contributed by atoms with van der Waals surface area (Å²) >= 11 is 0. The molecule has 3 rings (SSSR count). The summed E-state index contributed by atoms with van der Waals surface area (Å²) in [4.78, 5) is 27.0. The average molecular weight is 385 g/mol. The minimum atomic E-state index is -0.952. The largest absolute Gasteiger partial charge is 0.493 e. The topological polar surface area (TPSA) is 74.3 Å². The van der Waals surface area contributed by atoms with Crippen LogP contribution in [0.25, 0.3) is 0 Å². The van der Waals surface area contributed by atoms with E-state index in [0.717, 1.165) is 5.69 Å². The zero-order valence-corrected chi connectivity index (χ0v) is 16.1. The predicted octanol–water partition coefficient (Wildman–Crippen LogP) is 3.06. The van der Waals surface area contributed by atoms with Gasteiger partial charge in [-0.1, -0.05) is 18.2 Å². The Labute approximate surface area is 163 Å². The Morgan fingerprint density at radius 3 is 2.54 bits per heavy atom. The van der Waals surface area contributed by atoms with Crippen molar-refractivity contribution in [3.8, 4) is 17.2 Å². The summed E-state index contributed by atoms with van der Waals surface area (Å²) in [5.74, 6) is 0.307. The molecule has 28 heavy (non-hydrogen) atoms. The highest BCUT2D eigenvalue weighted by Crippen LogP contribution is 2.40. The van der Waals surface area contributed by atoms with Crippen LogP contribution >= 0.6 is 0 Å². The number of methoxy groups -OCH3 is 1. The second kappa shape index (κ2) is 8.65. The highest BCUT2D eigenvalue weighted by atomic mass is 16.6. The van der Waals surface area contributed by atoms with Gasteiger partial charge in [0.2, 0.25) is 5.75 Å². The normalized spacial score (nSPS) is 13.4. The molecule has 0 spiro atoms. The Morgan fingerprint density at radius 1 is 1.14 bits per heavy atom. The molecule has 148 valence electrons. The fourth-order valence-corrected chi connectivity index (χ4v) is 2.96. The van der Waals surface area contributed by atoms with E-state index in [9.17, 15) is 9.59 Å². The summed E-state index contributed by atoms with van der Waals surface area (Å²) in [6, 6.07) is 12.3. The molecule has 0 fully saturated rings. The van der Waals surface area contributed by atoms with Gasteiger partial charge in [0.15, 0.2) is 17.6 Å². The van der Waals surface area contributed by atoms with E-state index in [1.54, 1.807) is 11.8 Å². The van der Waals surface area contributed by atoms with E-state index in [0.29, 0.717) is 37.0 Å². The first-order valence-electron chi connectivity index (χ1n) is 9.10. The Balaban J connectivity index is 1.76. The molecule has 2 aromatic carbocycles. The number of fused-ring (bicyclic) bond motifs is 1. The monoisotopic (exact) mass is 385 g/mol. The molecular formula is C21H23NO6. The molecule has 1 amide bonds. The van der Waals surface area contributed by atoms with Crippen LogP contribution in [0.5, 0.6) is 17.2 Å². The molecule has 0 radical (unpaired) electrons. The Morgan fingerprint density at radius 2 is 1.86 bits per heavy atom. The molecule has 0 saturated heterocycles. The van der Waals surface area contributed by atoms with Crippen molar-refractivity contribution in [3.63, 3.8) is 0 Å². The van der Waals surface area contributed by atoms with Gasteiger partial charge in [0.1, 0.15) is 13.2 Å². The molecule has 1 atom stereocenters. The van der Waals surface area contributed by atoms with Crippen molar-refractivity contribution >= 4 is 17.6 Å². The summed E-state index contributed by atoms with van der Waals surface area (Å²) in [7, 11) is 1.48. The van der Waals surface area contributed by atoms with Crippen LogP contribution < -0.4 is 19.1 Å². The maximum atomic E-state index is 12.8. The van der Waals surface area contributed by atoms with Crippen LogP contribution in [0.4, 0.5) is 5.69 Å². The number of rotatable bonds is 6. The summed E-state index contributed by atoms with van der Waals surface area (Å²) < 4.78 is 21.8. The number of benzene rings is 2. The number of carbonyl (C=O) groups is 2. The lowest BCUT2D eigenvalue weighted by molar-refractivity contribution is -0.126. The molecule has 0 aliphatic carbocycles. The van der Waals surface area contributed by atoms with Crippen molar-refractivity contribution in [1.29, 1.82) is 0 Å². The molecule has 1 aliphatic rings. The molecular weight excluding hydrogens is 362 g/mol. The number of likely N-dealkylation sites (N-methyl/N-ethyl adjacent to an activating group) is 1. The first-order chi connectivity index (χ1) is 13.5. The van der Waals surface area contributed by atoms with Gasteiger partial charge < -0.3 is 23.8 Å². The lowest BCUT2D eigenvalue weighted by Crippen LogP contribution is -2.40. The summed E-state index contributed by atoms with van der Waals surface area (Å²) in [5.41, 5.74) is 0.974. The quantitative estimate of drug-likeness (QED) is 0.712. The van der Waals surface area contributed by atoms with Crippen molar-refractivity contribution in [1.82, 2.24) is 0 Å². The van der Waals surface area contributed by atoms with Gasteiger partial charge in [0.25, 0.3) is 5.91 Å². The van der Waals surface area contributed by atoms with Gasteiger partial charge in [-0.15, -0.1) is 0 Å². The van der Waals surface area contributed by atoms with E-state index in [1.807, 2.05) is 37.3 Å². The van der Waals surface area contributed by atoms with Crippen LogP contribution in [-0.4, -0.2) is 44.8 Å². The molecule has 0 saturated carbocycles. The van der Waals surface area contributed by atoms with Crippen LogP contribution in [-0.2, 0) is 9.53 Å². The van der Waals surface area contributed by atoms with E-state index in [2.05, 4.69) is 0 Å². The molecule has 0 unspecified atom stereocenters. The fourth-order valence-electron chi connectivity index (χ4n) is 2.96. The van der Waals surface area contributed by atoms with E-state index in [1.165, 1.54) is 19.2 Å². The number of carbonyl (C=O) groups excluding carboxylic acids is 2. The van der Waals surface area contributed by atoms with Gasteiger partial charge >= 0.3 is 5.97 Å². The predicted molar refractivity (Wildman–Crippen MR) is 103 cm³/mol. The molecule has 0 aromatic heterocycles. The smallest absolute Gasteiger partial charge is 0.339 e. The third-order valence-electron chi connectivity index (χ3n) is 4.35. The highest BCUT2D eigenvalue weighted by molar-refractivity contribution is 5.99. The third kappa shape index (κ3) is 4.03. The second-order valence-electron chi connectivity index (χ2n) is 6.17. The van der Waals surface area contributed by atoms with E-state index in [-0.39, 0.29) is 11.5 Å². The maximum absolute atomic E-state index is 12.8. The SMILES string of the molecule is CCN(C(=O)[C@@H](C)OC(=O)c1cc(OC)c2c(c1)OCCO2)c1ccccc1.